The molecule has 0 fully saturated rings. The largest absolute Gasteiger partial charge is 0.480 e. The lowest BCUT2D eigenvalue weighted by Crippen LogP contribution is -2.42. The number of rotatable bonds is 5. The molecule has 2 N–H and O–H groups in total. The summed E-state index contributed by atoms with van der Waals surface area (Å²) in [6.45, 7) is 0. The van der Waals surface area contributed by atoms with E-state index < -0.39 is 17.9 Å². The van der Waals surface area contributed by atoms with Crippen LogP contribution in [0.4, 0.5) is 0 Å². The second-order valence-electron chi connectivity index (χ2n) is 4.43. The van der Waals surface area contributed by atoms with Crippen LogP contribution in [-0.4, -0.2) is 28.0 Å². The van der Waals surface area contributed by atoms with Crippen LogP contribution in [0.1, 0.15) is 15.9 Å². The van der Waals surface area contributed by atoms with Crippen LogP contribution >= 0.6 is 11.6 Å². The fourth-order valence-corrected chi connectivity index (χ4v) is 1.93. The van der Waals surface area contributed by atoms with Crippen molar-refractivity contribution in [1.29, 1.82) is 0 Å². The van der Waals surface area contributed by atoms with Gasteiger partial charge in [0, 0.05) is 29.4 Å². The first-order chi connectivity index (χ1) is 10.1. The van der Waals surface area contributed by atoms with E-state index >= 15 is 0 Å². The summed E-state index contributed by atoms with van der Waals surface area (Å²) in [5, 5.41) is 12.3. The van der Waals surface area contributed by atoms with E-state index in [4.69, 9.17) is 11.6 Å². The van der Waals surface area contributed by atoms with Crippen LogP contribution in [0, 0.1) is 0 Å². The zero-order valence-electron chi connectivity index (χ0n) is 11.0. The molecule has 0 spiro atoms. The van der Waals surface area contributed by atoms with Crippen LogP contribution < -0.4 is 5.32 Å². The number of carbonyl (C=O) groups is 2. The summed E-state index contributed by atoms with van der Waals surface area (Å²) in [4.78, 5) is 27.1. The van der Waals surface area contributed by atoms with Gasteiger partial charge in [-0.25, -0.2) is 4.79 Å². The number of carboxylic acid groups (broad SMARTS) is 1. The van der Waals surface area contributed by atoms with Gasteiger partial charge in [-0.3, -0.25) is 9.78 Å². The molecule has 1 aromatic heterocycles. The quantitative estimate of drug-likeness (QED) is 0.887. The van der Waals surface area contributed by atoms with Crippen molar-refractivity contribution in [2.24, 2.45) is 0 Å². The van der Waals surface area contributed by atoms with E-state index in [9.17, 15) is 14.7 Å². The minimum Gasteiger partial charge on any atom is -0.480 e. The summed E-state index contributed by atoms with van der Waals surface area (Å²) in [7, 11) is 0. The van der Waals surface area contributed by atoms with E-state index in [1.807, 2.05) is 0 Å². The molecule has 1 aromatic carbocycles. The summed E-state index contributed by atoms with van der Waals surface area (Å²) >= 11 is 5.78. The van der Waals surface area contributed by atoms with E-state index in [1.54, 1.807) is 24.3 Å². The topological polar surface area (TPSA) is 79.3 Å². The lowest BCUT2D eigenvalue weighted by atomic mass is 10.1. The highest BCUT2D eigenvalue weighted by Crippen LogP contribution is 2.11. The molecule has 1 heterocycles. The Kier molecular flexibility index (Phi) is 4.90. The van der Waals surface area contributed by atoms with Crippen LogP contribution in [0.2, 0.25) is 5.02 Å². The smallest absolute Gasteiger partial charge is 0.326 e. The lowest BCUT2D eigenvalue weighted by molar-refractivity contribution is -0.139. The Bertz CT molecular complexity index is 629. The molecule has 0 aliphatic rings. The molecule has 0 aliphatic carbocycles. The predicted molar refractivity (Wildman–Crippen MR) is 78.3 cm³/mol. The molecule has 5 nitrogen and oxygen atoms in total. The average molecular weight is 305 g/mol. The lowest BCUT2D eigenvalue weighted by Gasteiger charge is -2.14. The van der Waals surface area contributed by atoms with Gasteiger partial charge in [-0.15, -0.1) is 0 Å². The van der Waals surface area contributed by atoms with E-state index in [0.29, 0.717) is 10.6 Å². The minimum absolute atomic E-state index is 0.184. The number of nitrogens with zero attached hydrogens (tertiary/aromatic N) is 1. The van der Waals surface area contributed by atoms with Crippen LogP contribution in [0.25, 0.3) is 0 Å². The second kappa shape index (κ2) is 6.85. The molecule has 1 amide bonds. The number of carbonyl (C=O) groups excluding carboxylic acids is 1. The van der Waals surface area contributed by atoms with Gasteiger partial charge in [0.1, 0.15) is 6.04 Å². The number of halogens is 1. The standard InChI is InChI=1S/C15H13ClN2O3/c16-12-3-1-10(2-4-12)9-13(15(20)21)18-14(19)11-5-7-17-8-6-11/h1-8,13H,9H2,(H,18,19)(H,20,21)/t13-/m1/s1. The van der Waals surface area contributed by atoms with Gasteiger partial charge in [0.05, 0.1) is 0 Å². The zero-order chi connectivity index (χ0) is 15.2. The minimum atomic E-state index is -1.09. The number of hydrogen-bond donors (Lipinski definition) is 2. The normalized spacial score (nSPS) is 11.7. The number of benzene rings is 1. The van der Waals surface area contributed by atoms with Gasteiger partial charge in [-0.2, -0.15) is 0 Å². The Morgan fingerprint density at radius 3 is 2.33 bits per heavy atom. The molecule has 2 aromatic rings. The van der Waals surface area contributed by atoms with Gasteiger partial charge < -0.3 is 10.4 Å². The number of aromatic nitrogens is 1. The van der Waals surface area contributed by atoms with E-state index in [-0.39, 0.29) is 6.42 Å². The summed E-state index contributed by atoms with van der Waals surface area (Å²) in [6, 6.07) is 8.87. The van der Waals surface area contributed by atoms with Gasteiger partial charge >= 0.3 is 5.97 Å². The molecular weight excluding hydrogens is 292 g/mol. The third-order valence-corrected chi connectivity index (χ3v) is 3.15. The monoisotopic (exact) mass is 304 g/mol. The highest BCUT2D eigenvalue weighted by Gasteiger charge is 2.21. The fourth-order valence-electron chi connectivity index (χ4n) is 1.80. The van der Waals surface area contributed by atoms with Crippen molar-refractivity contribution >= 4 is 23.5 Å². The Morgan fingerprint density at radius 2 is 1.76 bits per heavy atom. The molecule has 108 valence electrons. The average Bonchev–Trinajstić information content (AvgIpc) is 2.49. The molecule has 0 unspecified atom stereocenters. The first-order valence-electron chi connectivity index (χ1n) is 6.24. The van der Waals surface area contributed by atoms with Crippen molar-refractivity contribution in [2.75, 3.05) is 0 Å². The van der Waals surface area contributed by atoms with Crippen molar-refractivity contribution in [2.45, 2.75) is 12.5 Å². The van der Waals surface area contributed by atoms with Crippen molar-refractivity contribution in [3.05, 3.63) is 64.9 Å². The van der Waals surface area contributed by atoms with E-state index in [1.165, 1.54) is 24.5 Å². The summed E-state index contributed by atoms with van der Waals surface area (Å²) in [6.07, 6.45) is 3.14. The molecule has 0 bridgehead atoms. The number of carboxylic acids is 1. The molecule has 1 atom stereocenters. The van der Waals surface area contributed by atoms with Gasteiger partial charge in [-0.05, 0) is 29.8 Å². The van der Waals surface area contributed by atoms with Crippen molar-refractivity contribution < 1.29 is 14.7 Å². The SMILES string of the molecule is O=C(N[C@H](Cc1ccc(Cl)cc1)C(=O)O)c1ccncc1. The first-order valence-corrected chi connectivity index (χ1v) is 6.62. The third kappa shape index (κ3) is 4.29. The van der Waals surface area contributed by atoms with E-state index in [2.05, 4.69) is 10.3 Å². The molecule has 0 saturated heterocycles. The Morgan fingerprint density at radius 1 is 1.14 bits per heavy atom. The highest BCUT2D eigenvalue weighted by molar-refractivity contribution is 6.30. The summed E-state index contributed by atoms with van der Waals surface area (Å²) < 4.78 is 0. The molecule has 0 saturated carbocycles. The predicted octanol–water partition coefficient (Wildman–Crippen LogP) is 2.16. The van der Waals surface area contributed by atoms with Crippen molar-refractivity contribution in [3.63, 3.8) is 0 Å². The molecule has 21 heavy (non-hydrogen) atoms. The molecule has 6 heteroatoms. The van der Waals surface area contributed by atoms with Gasteiger partial charge in [0.2, 0.25) is 0 Å². The van der Waals surface area contributed by atoms with Gasteiger partial charge in [-0.1, -0.05) is 23.7 Å². The van der Waals surface area contributed by atoms with Crippen molar-refractivity contribution in [3.8, 4) is 0 Å². The molecule has 2 rings (SSSR count). The maximum atomic E-state index is 12.0. The molecule has 0 radical (unpaired) electrons. The van der Waals surface area contributed by atoms with E-state index in [0.717, 1.165) is 5.56 Å². The Balaban J connectivity index is 2.07. The number of amides is 1. The zero-order valence-corrected chi connectivity index (χ0v) is 11.7. The Hall–Kier alpha value is -2.40. The molecular formula is C15H13ClN2O3. The van der Waals surface area contributed by atoms with Crippen LogP contribution in [0.3, 0.4) is 0 Å². The van der Waals surface area contributed by atoms with Crippen LogP contribution in [-0.2, 0) is 11.2 Å². The summed E-state index contributed by atoms with van der Waals surface area (Å²) in [5.74, 6) is -1.54. The maximum absolute atomic E-state index is 12.0. The van der Waals surface area contributed by atoms with Gasteiger partial charge in [0.15, 0.2) is 0 Å². The number of pyridine rings is 1. The van der Waals surface area contributed by atoms with Crippen LogP contribution in [0.5, 0.6) is 0 Å². The second-order valence-corrected chi connectivity index (χ2v) is 4.87. The first kappa shape index (κ1) is 15.0. The van der Waals surface area contributed by atoms with Gasteiger partial charge in [0.25, 0.3) is 5.91 Å². The van der Waals surface area contributed by atoms with Crippen molar-refractivity contribution in [1.82, 2.24) is 10.3 Å². The van der Waals surface area contributed by atoms with Crippen LogP contribution in [0.15, 0.2) is 48.8 Å². The maximum Gasteiger partial charge on any atom is 0.326 e. The number of hydrogen-bond acceptors (Lipinski definition) is 3. The number of nitrogens with one attached hydrogen (secondary N) is 1. The molecule has 0 aliphatic heterocycles. The highest BCUT2D eigenvalue weighted by atomic mass is 35.5. The summed E-state index contributed by atoms with van der Waals surface area (Å²) in [5.41, 5.74) is 1.15. The fraction of sp³-hybridized carbons (Fsp3) is 0.133. The Labute approximate surface area is 126 Å². The number of aliphatic carboxylic acids is 1. The third-order valence-electron chi connectivity index (χ3n) is 2.90.